The fraction of sp³-hybridized carbons (Fsp3) is 0.273. The Morgan fingerprint density at radius 3 is 2.94 bits per heavy atom. The number of halogens is 1. The van der Waals surface area contributed by atoms with Gasteiger partial charge in [0.15, 0.2) is 0 Å². The Kier molecular flexibility index (Phi) is 3.63. The van der Waals surface area contributed by atoms with Gasteiger partial charge in [0.25, 0.3) is 0 Å². The van der Waals surface area contributed by atoms with Crippen LogP contribution in [-0.4, -0.2) is 15.0 Å². The van der Waals surface area contributed by atoms with Gasteiger partial charge >= 0.3 is 0 Å². The van der Waals surface area contributed by atoms with Crippen molar-refractivity contribution >= 4 is 27.4 Å². The molecule has 0 aliphatic heterocycles. The highest BCUT2D eigenvalue weighted by Gasteiger charge is 2.13. The number of hydrogen-bond acceptors (Lipinski definition) is 4. The Bertz CT molecular complexity index is 483. The van der Waals surface area contributed by atoms with Crippen molar-refractivity contribution in [1.29, 1.82) is 0 Å². The number of nitrogen functional groups attached to an aromatic ring is 1. The van der Waals surface area contributed by atoms with Crippen molar-refractivity contribution in [2.45, 2.75) is 19.4 Å². The van der Waals surface area contributed by atoms with Crippen LogP contribution in [0.2, 0.25) is 0 Å². The molecule has 17 heavy (non-hydrogen) atoms. The van der Waals surface area contributed by atoms with E-state index in [1.54, 1.807) is 12.4 Å². The highest BCUT2D eigenvalue weighted by Crippen LogP contribution is 2.26. The topological polar surface area (TPSA) is 79.6 Å². The van der Waals surface area contributed by atoms with Crippen LogP contribution in [0.3, 0.4) is 0 Å². The van der Waals surface area contributed by atoms with Crippen LogP contribution in [0.25, 0.3) is 0 Å². The number of pyridine rings is 1. The van der Waals surface area contributed by atoms with Crippen molar-refractivity contribution in [3.8, 4) is 0 Å². The summed E-state index contributed by atoms with van der Waals surface area (Å²) in [5.41, 5.74) is 6.28. The van der Waals surface area contributed by atoms with E-state index in [0.29, 0.717) is 5.69 Å². The SMILES string of the molecule is CCC(Nc1ncc(N)cc1Br)c1ncc[nH]1. The number of aromatic nitrogens is 3. The second-order valence-electron chi connectivity index (χ2n) is 3.68. The van der Waals surface area contributed by atoms with Gasteiger partial charge in [-0.1, -0.05) is 6.92 Å². The summed E-state index contributed by atoms with van der Waals surface area (Å²) < 4.78 is 0.850. The maximum atomic E-state index is 5.65. The molecule has 90 valence electrons. The van der Waals surface area contributed by atoms with Gasteiger partial charge in [-0.25, -0.2) is 9.97 Å². The van der Waals surface area contributed by atoms with E-state index in [2.05, 4.69) is 43.1 Å². The molecule has 0 saturated carbocycles. The molecular weight excluding hydrogens is 282 g/mol. The van der Waals surface area contributed by atoms with Crippen molar-refractivity contribution in [2.75, 3.05) is 11.1 Å². The first kappa shape index (κ1) is 11.9. The van der Waals surface area contributed by atoms with Crippen molar-refractivity contribution in [3.05, 3.63) is 35.0 Å². The minimum absolute atomic E-state index is 0.109. The third-order valence-corrected chi connectivity index (χ3v) is 3.04. The molecular formula is C11H14BrN5. The number of rotatable bonds is 4. The molecule has 2 aromatic heterocycles. The zero-order chi connectivity index (χ0) is 12.3. The van der Waals surface area contributed by atoms with E-state index in [0.717, 1.165) is 22.5 Å². The van der Waals surface area contributed by atoms with E-state index in [1.807, 2.05) is 12.3 Å². The molecule has 1 unspecified atom stereocenters. The Hall–Kier alpha value is -1.56. The molecule has 6 heteroatoms. The molecule has 0 aromatic carbocycles. The number of anilines is 2. The minimum atomic E-state index is 0.109. The van der Waals surface area contributed by atoms with Crippen LogP contribution in [0.1, 0.15) is 25.2 Å². The number of nitrogens with zero attached hydrogens (tertiary/aromatic N) is 2. The van der Waals surface area contributed by atoms with Gasteiger partial charge in [-0.2, -0.15) is 0 Å². The van der Waals surface area contributed by atoms with Crippen LogP contribution in [0.15, 0.2) is 29.1 Å². The van der Waals surface area contributed by atoms with Crippen LogP contribution in [0, 0.1) is 0 Å². The van der Waals surface area contributed by atoms with Crippen LogP contribution in [0.4, 0.5) is 11.5 Å². The van der Waals surface area contributed by atoms with Crippen LogP contribution in [0.5, 0.6) is 0 Å². The summed E-state index contributed by atoms with van der Waals surface area (Å²) in [4.78, 5) is 11.6. The Balaban J connectivity index is 2.19. The fourth-order valence-corrected chi connectivity index (χ4v) is 2.04. The van der Waals surface area contributed by atoms with Crippen LogP contribution >= 0.6 is 15.9 Å². The second-order valence-corrected chi connectivity index (χ2v) is 4.53. The van der Waals surface area contributed by atoms with Gasteiger partial charge in [0.05, 0.1) is 22.4 Å². The molecule has 0 aliphatic carbocycles. The van der Waals surface area contributed by atoms with Crippen molar-refractivity contribution in [3.63, 3.8) is 0 Å². The maximum Gasteiger partial charge on any atom is 0.141 e. The average Bonchev–Trinajstić information content (AvgIpc) is 2.81. The standard InChI is InChI=1S/C11H14BrN5/c1-2-9(11-14-3-4-15-11)17-10-8(12)5-7(13)6-16-10/h3-6,9H,2,13H2,1H3,(H,14,15)(H,16,17). The third-order valence-electron chi connectivity index (χ3n) is 2.43. The lowest BCUT2D eigenvalue weighted by molar-refractivity contribution is 0.700. The van der Waals surface area contributed by atoms with E-state index in [9.17, 15) is 0 Å². The van der Waals surface area contributed by atoms with Crippen LogP contribution < -0.4 is 11.1 Å². The summed E-state index contributed by atoms with van der Waals surface area (Å²) in [6.45, 7) is 2.09. The number of imidazole rings is 1. The number of nitrogens with one attached hydrogen (secondary N) is 2. The van der Waals surface area contributed by atoms with E-state index >= 15 is 0 Å². The normalized spacial score (nSPS) is 12.4. The van der Waals surface area contributed by atoms with Crippen molar-refractivity contribution in [1.82, 2.24) is 15.0 Å². The number of aromatic amines is 1. The smallest absolute Gasteiger partial charge is 0.141 e. The van der Waals surface area contributed by atoms with E-state index in [-0.39, 0.29) is 6.04 Å². The summed E-state index contributed by atoms with van der Waals surface area (Å²) in [7, 11) is 0. The molecule has 0 saturated heterocycles. The Morgan fingerprint density at radius 1 is 1.53 bits per heavy atom. The summed E-state index contributed by atoms with van der Waals surface area (Å²) in [5, 5.41) is 3.32. The van der Waals surface area contributed by atoms with Crippen LogP contribution in [-0.2, 0) is 0 Å². The monoisotopic (exact) mass is 295 g/mol. The quantitative estimate of drug-likeness (QED) is 0.810. The van der Waals surface area contributed by atoms with Gasteiger partial charge in [0, 0.05) is 12.4 Å². The molecule has 2 heterocycles. The molecule has 0 radical (unpaired) electrons. The Labute approximate surface area is 108 Å². The highest BCUT2D eigenvalue weighted by atomic mass is 79.9. The van der Waals surface area contributed by atoms with E-state index in [4.69, 9.17) is 5.73 Å². The first-order valence-electron chi connectivity index (χ1n) is 5.37. The molecule has 2 rings (SSSR count). The van der Waals surface area contributed by atoms with E-state index in [1.165, 1.54) is 0 Å². The number of nitrogens with two attached hydrogens (primary N) is 1. The molecule has 5 nitrogen and oxygen atoms in total. The molecule has 1 atom stereocenters. The minimum Gasteiger partial charge on any atom is -0.397 e. The predicted molar refractivity (Wildman–Crippen MR) is 71.6 cm³/mol. The van der Waals surface area contributed by atoms with Gasteiger partial charge in [-0.15, -0.1) is 0 Å². The first-order valence-corrected chi connectivity index (χ1v) is 6.17. The predicted octanol–water partition coefficient (Wildman–Crippen LogP) is 2.71. The van der Waals surface area contributed by atoms with E-state index < -0.39 is 0 Å². The van der Waals surface area contributed by atoms with Gasteiger partial charge in [-0.05, 0) is 28.4 Å². The first-order chi connectivity index (χ1) is 8.20. The highest BCUT2D eigenvalue weighted by molar-refractivity contribution is 9.10. The van der Waals surface area contributed by atoms with Crippen molar-refractivity contribution < 1.29 is 0 Å². The summed E-state index contributed by atoms with van der Waals surface area (Å²) in [6.07, 6.45) is 6.09. The zero-order valence-corrected chi connectivity index (χ0v) is 11.0. The molecule has 4 N–H and O–H groups in total. The molecule has 0 aliphatic rings. The largest absolute Gasteiger partial charge is 0.397 e. The lowest BCUT2D eigenvalue weighted by atomic mass is 10.2. The van der Waals surface area contributed by atoms with Gasteiger partial charge < -0.3 is 16.0 Å². The average molecular weight is 296 g/mol. The second kappa shape index (κ2) is 5.18. The van der Waals surface area contributed by atoms with Crippen molar-refractivity contribution in [2.24, 2.45) is 0 Å². The summed E-state index contributed by atoms with van der Waals surface area (Å²) >= 11 is 3.43. The lowest BCUT2D eigenvalue weighted by Gasteiger charge is -2.16. The maximum absolute atomic E-state index is 5.65. The fourth-order valence-electron chi connectivity index (χ4n) is 1.56. The zero-order valence-electron chi connectivity index (χ0n) is 9.44. The summed E-state index contributed by atoms with van der Waals surface area (Å²) in [6, 6.07) is 1.93. The molecule has 0 bridgehead atoms. The van der Waals surface area contributed by atoms with Gasteiger partial charge in [0.1, 0.15) is 11.6 Å². The van der Waals surface area contributed by atoms with Gasteiger partial charge in [-0.3, -0.25) is 0 Å². The molecule has 0 amide bonds. The molecule has 0 spiro atoms. The molecule has 0 fully saturated rings. The summed E-state index contributed by atoms with van der Waals surface area (Å²) in [5.74, 6) is 1.67. The Morgan fingerprint density at radius 2 is 2.35 bits per heavy atom. The number of H-pyrrole nitrogens is 1. The molecule has 2 aromatic rings. The lowest BCUT2D eigenvalue weighted by Crippen LogP contribution is -2.12. The third kappa shape index (κ3) is 2.76. The number of hydrogen-bond donors (Lipinski definition) is 3. The van der Waals surface area contributed by atoms with Gasteiger partial charge in [0.2, 0.25) is 0 Å².